The molecule has 3 rings (SSSR count). The fourth-order valence-corrected chi connectivity index (χ4v) is 4.14. The van der Waals surface area contributed by atoms with Crippen LogP contribution in [0.25, 0.3) is 0 Å². The maximum absolute atomic E-state index is 6.04. The fraction of sp³-hybridized carbons (Fsp3) is 0.786. The van der Waals surface area contributed by atoms with Gasteiger partial charge < -0.3 is 10.1 Å². The Balaban J connectivity index is 1.85. The van der Waals surface area contributed by atoms with Crippen molar-refractivity contribution in [1.29, 1.82) is 0 Å². The first-order valence-electron chi connectivity index (χ1n) is 7.27. The van der Waals surface area contributed by atoms with Gasteiger partial charge in [0.1, 0.15) is 0 Å². The molecule has 3 heterocycles. The van der Waals surface area contributed by atoms with Gasteiger partial charge in [0.25, 0.3) is 0 Å². The largest absolute Gasteiger partial charge is 0.375 e. The smallest absolute Gasteiger partial charge is 0.0696 e. The number of hydrogen-bond acceptors (Lipinski definition) is 3. The summed E-state index contributed by atoms with van der Waals surface area (Å²) in [6.07, 6.45) is 7.61. The molecule has 2 bridgehead atoms. The van der Waals surface area contributed by atoms with Gasteiger partial charge in [0.05, 0.1) is 34.6 Å². The molecule has 2 fully saturated rings. The lowest BCUT2D eigenvalue weighted by atomic mass is 9.82. The second kappa shape index (κ2) is 5.54. The summed E-state index contributed by atoms with van der Waals surface area (Å²) in [6, 6.07) is 0.345. The van der Waals surface area contributed by atoms with Gasteiger partial charge in [0.15, 0.2) is 0 Å². The first-order chi connectivity index (χ1) is 9.20. The van der Waals surface area contributed by atoms with Gasteiger partial charge in [-0.3, -0.25) is 4.68 Å². The maximum atomic E-state index is 6.04. The van der Waals surface area contributed by atoms with Crippen LogP contribution in [0.3, 0.4) is 0 Å². The van der Waals surface area contributed by atoms with Crippen LogP contribution in [0.5, 0.6) is 0 Å². The number of fused-ring (bicyclic) bond motifs is 2. The van der Waals surface area contributed by atoms with Gasteiger partial charge in [0, 0.05) is 13.0 Å². The van der Waals surface area contributed by atoms with Crippen molar-refractivity contribution >= 4 is 15.9 Å². The SMILES string of the molecule is CCCNC(c1c(Br)cnn1C)C1CC2CCC1O2. The normalized spacial score (nSPS) is 31.0. The van der Waals surface area contributed by atoms with E-state index in [1.54, 1.807) is 0 Å². The van der Waals surface area contributed by atoms with Crippen molar-refractivity contribution in [3.8, 4) is 0 Å². The number of aromatic nitrogens is 2. The lowest BCUT2D eigenvalue weighted by Crippen LogP contribution is -2.35. The number of ether oxygens (including phenoxy) is 1. The molecule has 0 aliphatic carbocycles. The van der Waals surface area contributed by atoms with E-state index in [0.29, 0.717) is 24.2 Å². The minimum atomic E-state index is 0.345. The molecule has 1 aromatic heterocycles. The lowest BCUT2D eigenvalue weighted by Gasteiger charge is -2.30. The first kappa shape index (κ1) is 13.6. The second-order valence-electron chi connectivity index (χ2n) is 5.71. The van der Waals surface area contributed by atoms with Crippen LogP contribution in [0, 0.1) is 5.92 Å². The molecular formula is C14H22BrN3O. The van der Waals surface area contributed by atoms with Crippen LogP contribution in [0.2, 0.25) is 0 Å². The van der Waals surface area contributed by atoms with E-state index in [1.807, 2.05) is 17.9 Å². The van der Waals surface area contributed by atoms with Crippen molar-refractivity contribution in [3.05, 3.63) is 16.4 Å². The lowest BCUT2D eigenvalue weighted by molar-refractivity contribution is 0.0849. The van der Waals surface area contributed by atoms with E-state index in [-0.39, 0.29) is 0 Å². The Kier molecular flexibility index (Phi) is 3.96. The molecule has 2 aliphatic heterocycles. The third kappa shape index (κ3) is 2.48. The minimum Gasteiger partial charge on any atom is -0.375 e. The summed E-state index contributed by atoms with van der Waals surface area (Å²) in [7, 11) is 2.02. The number of hydrogen-bond donors (Lipinski definition) is 1. The molecule has 106 valence electrons. The number of rotatable bonds is 5. The zero-order chi connectivity index (χ0) is 13.4. The van der Waals surface area contributed by atoms with Crippen LogP contribution in [0.15, 0.2) is 10.7 Å². The summed E-state index contributed by atoms with van der Waals surface area (Å²) >= 11 is 3.65. The summed E-state index contributed by atoms with van der Waals surface area (Å²) in [5.41, 5.74) is 1.26. The first-order valence-corrected chi connectivity index (χ1v) is 8.06. The molecule has 2 aliphatic rings. The van der Waals surface area contributed by atoms with Crippen LogP contribution in [-0.2, 0) is 11.8 Å². The van der Waals surface area contributed by atoms with Crippen LogP contribution in [0.4, 0.5) is 0 Å². The molecule has 4 unspecified atom stereocenters. The van der Waals surface area contributed by atoms with E-state index in [0.717, 1.165) is 17.4 Å². The third-order valence-corrected chi connectivity index (χ3v) is 5.04. The van der Waals surface area contributed by atoms with Crippen molar-refractivity contribution in [2.45, 2.75) is 50.9 Å². The highest BCUT2D eigenvalue weighted by molar-refractivity contribution is 9.10. The van der Waals surface area contributed by atoms with Gasteiger partial charge in [-0.2, -0.15) is 5.10 Å². The monoisotopic (exact) mass is 327 g/mol. The highest BCUT2D eigenvalue weighted by Crippen LogP contribution is 2.45. The van der Waals surface area contributed by atoms with Gasteiger partial charge in [-0.25, -0.2) is 0 Å². The van der Waals surface area contributed by atoms with E-state index < -0.39 is 0 Å². The number of halogens is 1. The fourth-order valence-electron chi connectivity index (χ4n) is 3.55. The van der Waals surface area contributed by atoms with Crippen molar-refractivity contribution in [3.63, 3.8) is 0 Å². The Morgan fingerprint density at radius 1 is 1.58 bits per heavy atom. The average Bonchev–Trinajstić information content (AvgIpc) is 3.09. The second-order valence-corrected chi connectivity index (χ2v) is 6.56. The van der Waals surface area contributed by atoms with Crippen LogP contribution in [-0.4, -0.2) is 28.5 Å². The number of aryl methyl sites for hydroxylation is 1. The van der Waals surface area contributed by atoms with E-state index >= 15 is 0 Å². The van der Waals surface area contributed by atoms with E-state index in [2.05, 4.69) is 33.3 Å². The number of nitrogens with zero attached hydrogens (tertiary/aromatic N) is 2. The Hall–Kier alpha value is -0.390. The van der Waals surface area contributed by atoms with Gasteiger partial charge in [-0.15, -0.1) is 0 Å². The molecule has 4 nitrogen and oxygen atoms in total. The molecule has 5 heteroatoms. The predicted octanol–water partition coefficient (Wildman–Crippen LogP) is 2.79. The maximum Gasteiger partial charge on any atom is 0.0696 e. The summed E-state index contributed by atoms with van der Waals surface area (Å²) in [6.45, 7) is 3.25. The highest BCUT2D eigenvalue weighted by atomic mass is 79.9. The standard InChI is InChI=1S/C14H22BrN3O/c1-3-6-16-13(14-11(15)8-17-18(14)2)10-7-9-4-5-12(10)19-9/h8-10,12-13,16H,3-7H2,1-2H3. The van der Waals surface area contributed by atoms with Crippen molar-refractivity contribution in [2.75, 3.05) is 6.54 Å². The van der Waals surface area contributed by atoms with E-state index in [9.17, 15) is 0 Å². The Morgan fingerprint density at radius 3 is 2.95 bits per heavy atom. The molecule has 0 radical (unpaired) electrons. The number of nitrogens with one attached hydrogen (secondary N) is 1. The molecule has 1 aromatic rings. The van der Waals surface area contributed by atoms with E-state index in [1.165, 1.54) is 25.0 Å². The highest BCUT2D eigenvalue weighted by Gasteiger charge is 2.45. The predicted molar refractivity (Wildman–Crippen MR) is 77.9 cm³/mol. The Labute approximate surface area is 123 Å². The molecule has 4 atom stereocenters. The summed E-state index contributed by atoms with van der Waals surface area (Å²) in [5.74, 6) is 0.581. The van der Waals surface area contributed by atoms with Crippen molar-refractivity contribution in [1.82, 2.24) is 15.1 Å². The van der Waals surface area contributed by atoms with Gasteiger partial charge in [-0.1, -0.05) is 6.92 Å². The zero-order valence-electron chi connectivity index (χ0n) is 11.6. The summed E-state index contributed by atoms with van der Waals surface area (Å²) in [4.78, 5) is 0. The Morgan fingerprint density at radius 2 is 2.42 bits per heavy atom. The van der Waals surface area contributed by atoms with Crippen LogP contribution < -0.4 is 5.32 Å². The molecule has 19 heavy (non-hydrogen) atoms. The van der Waals surface area contributed by atoms with Crippen LogP contribution >= 0.6 is 15.9 Å². The summed E-state index contributed by atoms with van der Waals surface area (Å²) < 4.78 is 9.13. The molecule has 0 saturated carbocycles. The van der Waals surface area contributed by atoms with Crippen LogP contribution in [0.1, 0.15) is 44.3 Å². The van der Waals surface area contributed by atoms with Gasteiger partial charge in [0.2, 0.25) is 0 Å². The minimum absolute atomic E-state index is 0.345. The zero-order valence-corrected chi connectivity index (χ0v) is 13.2. The van der Waals surface area contributed by atoms with Crippen molar-refractivity contribution in [2.24, 2.45) is 13.0 Å². The van der Waals surface area contributed by atoms with Gasteiger partial charge >= 0.3 is 0 Å². The van der Waals surface area contributed by atoms with Gasteiger partial charge in [-0.05, 0) is 48.2 Å². The van der Waals surface area contributed by atoms with E-state index in [4.69, 9.17) is 4.74 Å². The Bertz CT molecular complexity index is 428. The molecule has 0 spiro atoms. The molecule has 0 aromatic carbocycles. The molecular weight excluding hydrogens is 306 g/mol. The van der Waals surface area contributed by atoms with Crippen molar-refractivity contribution < 1.29 is 4.74 Å². The average molecular weight is 328 g/mol. The third-order valence-electron chi connectivity index (χ3n) is 4.43. The summed E-state index contributed by atoms with van der Waals surface area (Å²) in [5, 5.41) is 8.08. The topological polar surface area (TPSA) is 39.1 Å². The quantitative estimate of drug-likeness (QED) is 0.903. The molecule has 2 saturated heterocycles. The molecule has 1 N–H and O–H groups in total. The molecule has 0 amide bonds.